The van der Waals surface area contributed by atoms with E-state index in [9.17, 15) is 4.79 Å². The van der Waals surface area contributed by atoms with Crippen LogP contribution in [-0.2, 0) is 9.53 Å². The molecule has 6 nitrogen and oxygen atoms in total. The molecule has 3 atom stereocenters. The van der Waals surface area contributed by atoms with E-state index in [4.69, 9.17) is 4.74 Å². The van der Waals surface area contributed by atoms with Gasteiger partial charge in [-0.1, -0.05) is 0 Å². The van der Waals surface area contributed by atoms with Crippen LogP contribution in [0.3, 0.4) is 0 Å². The standard InChI is InChI=1S/C16H30N4O2S.HI/c1-20(2)15(21)11-18-16(17-10-13-5-4-8-22-13)19-12-6-7-14(9-12)23-3;/h12-14H,4-11H2,1-3H3,(H2,17,18,19);1H. The summed E-state index contributed by atoms with van der Waals surface area (Å²) in [6.45, 7) is 1.77. The number of carbonyl (C=O) groups is 1. The van der Waals surface area contributed by atoms with Crippen LogP contribution < -0.4 is 10.6 Å². The lowest BCUT2D eigenvalue weighted by Gasteiger charge is -2.20. The summed E-state index contributed by atoms with van der Waals surface area (Å²) in [6, 6.07) is 0.442. The Morgan fingerprint density at radius 2 is 2.12 bits per heavy atom. The van der Waals surface area contributed by atoms with Crippen molar-refractivity contribution in [1.29, 1.82) is 0 Å². The summed E-state index contributed by atoms with van der Waals surface area (Å²) in [5, 5.41) is 7.58. The van der Waals surface area contributed by atoms with Crippen LogP contribution in [0.25, 0.3) is 0 Å². The van der Waals surface area contributed by atoms with Crippen molar-refractivity contribution in [1.82, 2.24) is 15.5 Å². The van der Waals surface area contributed by atoms with Gasteiger partial charge < -0.3 is 20.3 Å². The summed E-state index contributed by atoms with van der Waals surface area (Å²) in [6.07, 6.45) is 8.21. The van der Waals surface area contributed by atoms with E-state index in [2.05, 4.69) is 21.9 Å². The smallest absolute Gasteiger partial charge is 0.243 e. The number of ether oxygens (including phenoxy) is 1. The van der Waals surface area contributed by atoms with Crippen molar-refractivity contribution in [2.75, 3.05) is 40.0 Å². The van der Waals surface area contributed by atoms with Gasteiger partial charge in [0.05, 0.1) is 6.10 Å². The van der Waals surface area contributed by atoms with Crippen LogP contribution in [0.4, 0.5) is 0 Å². The first kappa shape index (κ1) is 21.8. The van der Waals surface area contributed by atoms with Gasteiger partial charge in [0.1, 0.15) is 6.54 Å². The number of hydrogen-bond acceptors (Lipinski definition) is 4. The molecule has 0 aromatic heterocycles. The van der Waals surface area contributed by atoms with E-state index >= 15 is 0 Å². The number of halogens is 1. The molecule has 3 unspecified atom stereocenters. The maximum atomic E-state index is 11.8. The molecular weight excluding hydrogens is 439 g/mol. The van der Waals surface area contributed by atoms with Crippen LogP contribution in [0, 0.1) is 0 Å². The van der Waals surface area contributed by atoms with E-state index < -0.39 is 0 Å². The van der Waals surface area contributed by atoms with Gasteiger partial charge in [-0.25, -0.2) is 4.99 Å². The van der Waals surface area contributed by atoms with Crippen molar-refractivity contribution >= 4 is 47.6 Å². The Kier molecular flexibility index (Phi) is 10.4. The number of rotatable bonds is 6. The molecule has 2 rings (SSSR count). The highest BCUT2D eigenvalue weighted by atomic mass is 127. The monoisotopic (exact) mass is 470 g/mol. The second-order valence-corrected chi connectivity index (χ2v) is 7.62. The molecule has 1 aliphatic carbocycles. The summed E-state index contributed by atoms with van der Waals surface area (Å²) in [5.41, 5.74) is 0. The molecule has 1 saturated heterocycles. The predicted octanol–water partition coefficient (Wildman–Crippen LogP) is 1.69. The van der Waals surface area contributed by atoms with Crippen LogP contribution in [0.5, 0.6) is 0 Å². The lowest BCUT2D eigenvalue weighted by Crippen LogP contribution is -2.45. The highest BCUT2D eigenvalue weighted by Gasteiger charge is 2.25. The zero-order valence-electron chi connectivity index (χ0n) is 14.9. The first-order valence-electron chi connectivity index (χ1n) is 8.48. The zero-order chi connectivity index (χ0) is 16.7. The Morgan fingerprint density at radius 3 is 2.71 bits per heavy atom. The molecule has 1 aliphatic heterocycles. The summed E-state index contributed by atoms with van der Waals surface area (Å²) >= 11 is 1.94. The molecule has 0 bridgehead atoms. The third-order valence-corrected chi connectivity index (χ3v) is 5.55. The molecule has 0 radical (unpaired) electrons. The Morgan fingerprint density at radius 1 is 1.33 bits per heavy atom. The van der Waals surface area contributed by atoms with Crippen molar-refractivity contribution in [3.05, 3.63) is 0 Å². The lowest BCUT2D eigenvalue weighted by molar-refractivity contribution is -0.127. The number of carbonyl (C=O) groups excluding carboxylic acids is 1. The number of nitrogens with zero attached hydrogens (tertiary/aromatic N) is 2. The summed E-state index contributed by atoms with van der Waals surface area (Å²) < 4.78 is 5.65. The molecule has 0 aromatic rings. The quantitative estimate of drug-likeness (QED) is 0.352. The maximum absolute atomic E-state index is 11.8. The van der Waals surface area contributed by atoms with Gasteiger partial charge in [0, 0.05) is 38.5 Å². The Balaban J connectivity index is 0.00000288. The van der Waals surface area contributed by atoms with E-state index in [1.54, 1.807) is 19.0 Å². The number of nitrogens with one attached hydrogen (secondary N) is 2. The minimum Gasteiger partial charge on any atom is -0.376 e. The minimum atomic E-state index is 0. The molecule has 2 aliphatic rings. The molecule has 140 valence electrons. The molecule has 2 fully saturated rings. The Bertz CT molecular complexity index is 417. The lowest BCUT2D eigenvalue weighted by atomic mass is 10.2. The van der Waals surface area contributed by atoms with Gasteiger partial charge in [0.15, 0.2) is 5.96 Å². The molecular formula is C16H31IN4O2S. The first-order valence-corrected chi connectivity index (χ1v) is 9.76. The molecule has 2 N–H and O–H groups in total. The Labute approximate surface area is 166 Å². The van der Waals surface area contributed by atoms with E-state index in [0.717, 1.165) is 50.0 Å². The molecule has 24 heavy (non-hydrogen) atoms. The third kappa shape index (κ3) is 7.35. The molecule has 1 saturated carbocycles. The van der Waals surface area contributed by atoms with E-state index in [1.807, 2.05) is 11.8 Å². The summed E-state index contributed by atoms with van der Waals surface area (Å²) in [5.74, 6) is 0.749. The molecule has 8 heteroatoms. The van der Waals surface area contributed by atoms with Gasteiger partial charge in [-0.05, 0) is 38.4 Å². The average Bonchev–Trinajstić information content (AvgIpc) is 3.20. The van der Waals surface area contributed by atoms with Gasteiger partial charge in [-0.3, -0.25) is 4.79 Å². The van der Waals surface area contributed by atoms with Crippen LogP contribution in [-0.4, -0.2) is 74.2 Å². The topological polar surface area (TPSA) is 66.0 Å². The molecule has 0 aromatic carbocycles. The fourth-order valence-corrected chi connectivity index (χ4v) is 3.73. The van der Waals surface area contributed by atoms with Crippen molar-refractivity contribution < 1.29 is 9.53 Å². The first-order chi connectivity index (χ1) is 11.1. The van der Waals surface area contributed by atoms with Crippen LogP contribution in [0.1, 0.15) is 32.1 Å². The number of hydrogen-bond donors (Lipinski definition) is 2. The predicted molar refractivity (Wildman–Crippen MR) is 111 cm³/mol. The largest absolute Gasteiger partial charge is 0.376 e. The number of aliphatic imine (C=N–C) groups is 1. The van der Waals surface area contributed by atoms with Crippen LogP contribution >= 0.6 is 35.7 Å². The zero-order valence-corrected chi connectivity index (χ0v) is 18.1. The highest BCUT2D eigenvalue weighted by molar-refractivity contribution is 14.0. The fraction of sp³-hybridized carbons (Fsp3) is 0.875. The highest BCUT2D eigenvalue weighted by Crippen LogP contribution is 2.28. The second-order valence-electron chi connectivity index (χ2n) is 6.48. The normalized spacial score (nSPS) is 26.8. The van der Waals surface area contributed by atoms with Gasteiger partial charge in [-0.2, -0.15) is 11.8 Å². The molecule has 1 amide bonds. The van der Waals surface area contributed by atoms with E-state index in [-0.39, 0.29) is 42.5 Å². The second kappa shape index (κ2) is 11.4. The van der Waals surface area contributed by atoms with Gasteiger partial charge in [-0.15, -0.1) is 24.0 Å². The minimum absolute atomic E-state index is 0. The van der Waals surface area contributed by atoms with Crippen molar-refractivity contribution in [2.24, 2.45) is 4.99 Å². The summed E-state index contributed by atoms with van der Waals surface area (Å²) in [7, 11) is 3.51. The fourth-order valence-electron chi connectivity index (χ4n) is 2.94. The van der Waals surface area contributed by atoms with Crippen molar-refractivity contribution in [3.63, 3.8) is 0 Å². The van der Waals surface area contributed by atoms with Crippen LogP contribution in [0.2, 0.25) is 0 Å². The Hall–Kier alpha value is -0.220. The molecule has 0 spiro atoms. The molecule has 1 heterocycles. The number of amides is 1. The SMILES string of the molecule is CSC1CCC(NC(=NCC(=O)N(C)C)NCC2CCCO2)C1.I. The van der Waals surface area contributed by atoms with Gasteiger partial charge in [0.2, 0.25) is 5.91 Å². The van der Waals surface area contributed by atoms with E-state index in [0.29, 0.717) is 6.04 Å². The maximum Gasteiger partial charge on any atom is 0.243 e. The van der Waals surface area contributed by atoms with Crippen LogP contribution in [0.15, 0.2) is 4.99 Å². The number of thioether (sulfide) groups is 1. The number of likely N-dealkylation sites (N-methyl/N-ethyl adjacent to an activating group) is 1. The van der Waals surface area contributed by atoms with Gasteiger partial charge >= 0.3 is 0 Å². The van der Waals surface area contributed by atoms with Gasteiger partial charge in [0.25, 0.3) is 0 Å². The third-order valence-electron chi connectivity index (χ3n) is 4.45. The number of guanidine groups is 1. The summed E-state index contributed by atoms with van der Waals surface area (Å²) in [4.78, 5) is 17.8. The van der Waals surface area contributed by atoms with E-state index in [1.165, 1.54) is 6.42 Å². The van der Waals surface area contributed by atoms with Crippen molar-refractivity contribution in [2.45, 2.75) is 49.5 Å². The van der Waals surface area contributed by atoms with Crippen molar-refractivity contribution in [3.8, 4) is 0 Å². The average molecular weight is 470 g/mol.